The largest absolute Gasteiger partial charge is 0.384 e. The second-order valence-corrected chi connectivity index (χ2v) is 3.63. The van der Waals surface area contributed by atoms with Crippen molar-refractivity contribution in [1.29, 1.82) is 0 Å². The van der Waals surface area contributed by atoms with Crippen LogP contribution in [-0.2, 0) is 12.0 Å². The highest BCUT2D eigenvalue weighted by molar-refractivity contribution is 5.39. The SMILES string of the molecule is CCC1(O)CCc2ccc(N)nc21. The third-order valence-electron chi connectivity index (χ3n) is 2.83. The quantitative estimate of drug-likeness (QED) is 0.679. The molecular weight excluding hydrogens is 164 g/mol. The van der Waals surface area contributed by atoms with Gasteiger partial charge in [-0.25, -0.2) is 4.98 Å². The Bertz CT molecular complexity index is 338. The Morgan fingerprint density at radius 1 is 1.62 bits per heavy atom. The molecule has 1 aliphatic carbocycles. The molecule has 1 aromatic heterocycles. The summed E-state index contributed by atoms with van der Waals surface area (Å²) < 4.78 is 0. The number of aliphatic hydroxyl groups is 1. The summed E-state index contributed by atoms with van der Waals surface area (Å²) in [7, 11) is 0. The lowest BCUT2D eigenvalue weighted by Crippen LogP contribution is -2.22. The normalized spacial score (nSPS) is 26.0. The zero-order chi connectivity index (χ0) is 9.47. The molecule has 0 saturated heterocycles. The number of aromatic nitrogens is 1. The minimum Gasteiger partial charge on any atom is -0.384 e. The minimum absolute atomic E-state index is 0.493. The van der Waals surface area contributed by atoms with Gasteiger partial charge < -0.3 is 10.8 Å². The number of rotatable bonds is 1. The molecule has 70 valence electrons. The molecule has 0 amide bonds. The van der Waals surface area contributed by atoms with Crippen LogP contribution in [0.3, 0.4) is 0 Å². The molecule has 0 bridgehead atoms. The molecule has 3 nitrogen and oxygen atoms in total. The molecule has 1 atom stereocenters. The van der Waals surface area contributed by atoms with Gasteiger partial charge in [0.05, 0.1) is 5.69 Å². The third-order valence-corrected chi connectivity index (χ3v) is 2.83. The van der Waals surface area contributed by atoms with Crippen LogP contribution in [0.5, 0.6) is 0 Å². The summed E-state index contributed by atoms with van der Waals surface area (Å²) >= 11 is 0. The molecule has 3 heteroatoms. The molecule has 3 N–H and O–H groups in total. The van der Waals surface area contributed by atoms with Crippen LogP contribution in [0.4, 0.5) is 5.82 Å². The van der Waals surface area contributed by atoms with Crippen LogP contribution in [0, 0.1) is 0 Å². The van der Waals surface area contributed by atoms with Gasteiger partial charge in [-0.2, -0.15) is 0 Å². The van der Waals surface area contributed by atoms with Crippen molar-refractivity contribution in [3.63, 3.8) is 0 Å². The molecule has 0 aromatic carbocycles. The molecule has 0 saturated carbocycles. The fraction of sp³-hybridized carbons (Fsp3) is 0.500. The lowest BCUT2D eigenvalue weighted by atomic mass is 9.98. The van der Waals surface area contributed by atoms with E-state index in [1.807, 2.05) is 13.0 Å². The van der Waals surface area contributed by atoms with Crippen molar-refractivity contribution in [2.45, 2.75) is 31.8 Å². The van der Waals surface area contributed by atoms with Crippen LogP contribution in [0.1, 0.15) is 31.0 Å². The maximum atomic E-state index is 10.2. The summed E-state index contributed by atoms with van der Waals surface area (Å²) in [6.07, 6.45) is 2.39. The van der Waals surface area contributed by atoms with E-state index in [1.54, 1.807) is 6.07 Å². The van der Waals surface area contributed by atoms with E-state index in [4.69, 9.17) is 5.73 Å². The van der Waals surface area contributed by atoms with Crippen molar-refractivity contribution in [2.75, 3.05) is 5.73 Å². The lowest BCUT2D eigenvalue weighted by molar-refractivity contribution is 0.0307. The second-order valence-electron chi connectivity index (χ2n) is 3.63. The van der Waals surface area contributed by atoms with E-state index in [9.17, 15) is 5.11 Å². The topological polar surface area (TPSA) is 59.1 Å². The molecule has 0 aliphatic heterocycles. The van der Waals surface area contributed by atoms with E-state index in [1.165, 1.54) is 0 Å². The number of fused-ring (bicyclic) bond motifs is 1. The molecular formula is C10H14N2O. The summed E-state index contributed by atoms with van der Waals surface area (Å²) in [5.41, 5.74) is 6.78. The van der Waals surface area contributed by atoms with Crippen molar-refractivity contribution < 1.29 is 5.11 Å². The molecule has 0 fully saturated rings. The van der Waals surface area contributed by atoms with Gasteiger partial charge in [-0.15, -0.1) is 0 Å². The summed E-state index contributed by atoms with van der Waals surface area (Å²) in [5.74, 6) is 0.493. The number of hydrogen-bond donors (Lipinski definition) is 2. The molecule has 2 rings (SSSR count). The van der Waals surface area contributed by atoms with Gasteiger partial charge in [0.25, 0.3) is 0 Å². The van der Waals surface area contributed by atoms with Crippen molar-refractivity contribution >= 4 is 5.82 Å². The first kappa shape index (κ1) is 8.51. The Morgan fingerprint density at radius 2 is 2.38 bits per heavy atom. The van der Waals surface area contributed by atoms with E-state index < -0.39 is 5.60 Å². The van der Waals surface area contributed by atoms with Crippen LogP contribution < -0.4 is 5.73 Å². The van der Waals surface area contributed by atoms with Gasteiger partial charge in [0.2, 0.25) is 0 Å². The van der Waals surface area contributed by atoms with Crippen molar-refractivity contribution in [2.24, 2.45) is 0 Å². The van der Waals surface area contributed by atoms with Gasteiger partial charge in [-0.05, 0) is 30.9 Å². The highest BCUT2D eigenvalue weighted by Gasteiger charge is 2.36. The Morgan fingerprint density at radius 3 is 3.08 bits per heavy atom. The monoisotopic (exact) mass is 178 g/mol. The average molecular weight is 178 g/mol. The standard InChI is InChI=1S/C10H14N2O/c1-2-10(13)6-5-7-3-4-8(11)12-9(7)10/h3-4,13H,2,5-6H2,1H3,(H2,11,12). The summed E-state index contributed by atoms with van der Waals surface area (Å²) in [6.45, 7) is 1.97. The van der Waals surface area contributed by atoms with Gasteiger partial charge >= 0.3 is 0 Å². The van der Waals surface area contributed by atoms with Gasteiger partial charge in [0.1, 0.15) is 11.4 Å². The second kappa shape index (κ2) is 2.70. The Hall–Kier alpha value is -1.09. The first-order valence-corrected chi connectivity index (χ1v) is 4.64. The molecule has 1 aromatic rings. The number of anilines is 1. The molecule has 0 radical (unpaired) electrons. The predicted octanol–water partition coefficient (Wildman–Crippen LogP) is 1.21. The van der Waals surface area contributed by atoms with E-state index in [2.05, 4.69) is 4.98 Å². The van der Waals surface area contributed by atoms with Crippen LogP contribution in [-0.4, -0.2) is 10.1 Å². The highest BCUT2D eigenvalue weighted by atomic mass is 16.3. The van der Waals surface area contributed by atoms with E-state index in [0.29, 0.717) is 12.2 Å². The van der Waals surface area contributed by atoms with E-state index >= 15 is 0 Å². The molecule has 1 aliphatic rings. The first-order valence-electron chi connectivity index (χ1n) is 4.64. The summed E-state index contributed by atoms with van der Waals surface area (Å²) in [4.78, 5) is 4.21. The fourth-order valence-electron chi connectivity index (χ4n) is 1.91. The van der Waals surface area contributed by atoms with Crippen LogP contribution in [0.15, 0.2) is 12.1 Å². The molecule has 1 heterocycles. The van der Waals surface area contributed by atoms with Gasteiger partial charge in [0.15, 0.2) is 0 Å². The maximum absolute atomic E-state index is 10.2. The summed E-state index contributed by atoms with van der Waals surface area (Å²) in [5, 5.41) is 10.2. The van der Waals surface area contributed by atoms with Crippen molar-refractivity contribution in [3.05, 3.63) is 23.4 Å². The molecule has 13 heavy (non-hydrogen) atoms. The van der Waals surface area contributed by atoms with Gasteiger partial charge in [-0.3, -0.25) is 0 Å². The van der Waals surface area contributed by atoms with Crippen LogP contribution in [0.25, 0.3) is 0 Å². The predicted molar refractivity (Wildman–Crippen MR) is 51.2 cm³/mol. The average Bonchev–Trinajstić information content (AvgIpc) is 2.45. The molecule has 0 spiro atoms. The fourth-order valence-corrected chi connectivity index (χ4v) is 1.91. The lowest BCUT2D eigenvalue weighted by Gasteiger charge is -2.20. The number of hydrogen-bond acceptors (Lipinski definition) is 3. The Balaban J connectivity index is 2.52. The van der Waals surface area contributed by atoms with Crippen LogP contribution in [0.2, 0.25) is 0 Å². The van der Waals surface area contributed by atoms with E-state index in [0.717, 1.165) is 24.1 Å². The van der Waals surface area contributed by atoms with Crippen molar-refractivity contribution in [1.82, 2.24) is 4.98 Å². The maximum Gasteiger partial charge on any atom is 0.123 e. The van der Waals surface area contributed by atoms with Gasteiger partial charge in [-0.1, -0.05) is 13.0 Å². The number of nitrogens with zero attached hydrogens (tertiary/aromatic N) is 1. The number of nitrogens with two attached hydrogens (primary N) is 1. The van der Waals surface area contributed by atoms with Gasteiger partial charge in [0, 0.05) is 0 Å². The number of aryl methyl sites for hydroxylation is 1. The summed E-state index contributed by atoms with van der Waals surface area (Å²) in [6, 6.07) is 3.76. The van der Waals surface area contributed by atoms with Crippen LogP contribution >= 0.6 is 0 Å². The minimum atomic E-state index is -0.731. The van der Waals surface area contributed by atoms with Crippen molar-refractivity contribution in [3.8, 4) is 0 Å². The Kier molecular flexibility index (Phi) is 1.77. The number of nitrogen functional groups attached to an aromatic ring is 1. The smallest absolute Gasteiger partial charge is 0.123 e. The molecule has 1 unspecified atom stereocenters. The first-order chi connectivity index (χ1) is 6.15. The zero-order valence-corrected chi connectivity index (χ0v) is 7.75. The number of pyridine rings is 1. The highest BCUT2D eigenvalue weighted by Crippen LogP contribution is 2.38. The zero-order valence-electron chi connectivity index (χ0n) is 7.75. The third kappa shape index (κ3) is 1.20. The Labute approximate surface area is 77.6 Å². The van der Waals surface area contributed by atoms with E-state index in [-0.39, 0.29) is 0 Å².